The van der Waals surface area contributed by atoms with E-state index in [4.69, 9.17) is 14.7 Å². The molecule has 3 aromatic heterocycles. The van der Waals surface area contributed by atoms with E-state index < -0.39 is 5.41 Å². The van der Waals surface area contributed by atoms with Gasteiger partial charge in [0.05, 0.1) is 44.6 Å². The van der Waals surface area contributed by atoms with Gasteiger partial charge in [0.25, 0.3) is 0 Å². The minimum atomic E-state index is -0.651. The van der Waals surface area contributed by atoms with Gasteiger partial charge in [-0.1, -0.05) is 158 Å². The van der Waals surface area contributed by atoms with Gasteiger partial charge in [0, 0.05) is 55.6 Å². The first-order valence-electron chi connectivity index (χ1n) is 22.1. The van der Waals surface area contributed by atoms with Crippen LogP contribution in [-0.4, -0.2) is 19.1 Å². The number of allylic oxidation sites excluding steroid dienone is 4. The second kappa shape index (κ2) is 13.4. The van der Waals surface area contributed by atoms with E-state index in [-0.39, 0.29) is 0 Å². The largest absolute Gasteiger partial charge is 0.457 e. The Morgan fingerprint density at radius 2 is 1.09 bits per heavy atom. The van der Waals surface area contributed by atoms with E-state index >= 15 is 0 Å². The molecule has 0 saturated heterocycles. The van der Waals surface area contributed by atoms with Crippen LogP contribution in [0.3, 0.4) is 0 Å². The van der Waals surface area contributed by atoms with E-state index in [2.05, 4.69) is 191 Å². The van der Waals surface area contributed by atoms with E-state index in [0.717, 1.165) is 69.1 Å². The van der Waals surface area contributed by atoms with Crippen LogP contribution in [0.25, 0.3) is 83.2 Å². The summed E-state index contributed by atoms with van der Waals surface area (Å²) >= 11 is 0. The third-order valence-electron chi connectivity index (χ3n) is 13.8. The van der Waals surface area contributed by atoms with Gasteiger partial charge in [0.1, 0.15) is 11.5 Å². The number of hydrogen-bond acceptors (Lipinski definition) is 3. The van der Waals surface area contributed by atoms with Crippen molar-refractivity contribution in [2.24, 2.45) is 0 Å². The van der Waals surface area contributed by atoms with E-state index in [1.807, 2.05) is 24.3 Å². The maximum atomic E-state index is 7.14. The zero-order chi connectivity index (χ0) is 41.9. The Labute approximate surface area is 369 Å². The van der Waals surface area contributed by atoms with Gasteiger partial charge in [-0.25, -0.2) is 9.97 Å². The molecule has 1 spiro atoms. The molecule has 1 unspecified atom stereocenters. The van der Waals surface area contributed by atoms with Crippen LogP contribution in [0, 0.1) is 0 Å². The van der Waals surface area contributed by atoms with Crippen LogP contribution in [0.5, 0.6) is 11.5 Å². The fourth-order valence-corrected chi connectivity index (χ4v) is 11.2. The molecular formula is C59H38N4O. The van der Waals surface area contributed by atoms with Gasteiger partial charge in [-0.2, -0.15) is 0 Å². The molecule has 2 aliphatic heterocycles. The van der Waals surface area contributed by atoms with Gasteiger partial charge in [-0.05, 0) is 72.0 Å². The summed E-state index contributed by atoms with van der Waals surface area (Å²) in [7, 11) is 0. The fraction of sp³-hybridized carbons (Fsp3) is 0.0508. The van der Waals surface area contributed by atoms with Gasteiger partial charge in [0.15, 0.2) is 5.82 Å². The molecule has 11 aromatic rings. The molecule has 1 aliphatic carbocycles. The smallest absolute Gasteiger partial charge is 0.160 e. The Hall–Kier alpha value is -8.28. The summed E-state index contributed by atoms with van der Waals surface area (Å²) in [5, 5.41) is 4.93. The average Bonchev–Trinajstić information content (AvgIpc) is 3.88. The first-order chi connectivity index (χ1) is 31.7. The highest BCUT2D eigenvalue weighted by Gasteiger charge is 2.50. The van der Waals surface area contributed by atoms with Crippen LogP contribution in [0.4, 0.5) is 0 Å². The summed E-state index contributed by atoms with van der Waals surface area (Å²) in [5.41, 5.74) is 16.3. The maximum Gasteiger partial charge on any atom is 0.160 e. The van der Waals surface area contributed by atoms with Crippen molar-refractivity contribution in [3.05, 3.63) is 234 Å². The molecular weight excluding hydrogens is 781 g/mol. The molecule has 64 heavy (non-hydrogen) atoms. The Balaban J connectivity index is 1.02. The van der Waals surface area contributed by atoms with Crippen molar-refractivity contribution < 1.29 is 4.74 Å². The Bertz CT molecular complexity index is 3760. The average molecular weight is 819 g/mol. The molecule has 5 heteroatoms. The maximum absolute atomic E-state index is 7.14. The molecule has 8 aromatic carbocycles. The predicted molar refractivity (Wildman–Crippen MR) is 260 cm³/mol. The Morgan fingerprint density at radius 3 is 1.92 bits per heavy atom. The molecule has 1 atom stereocenters. The van der Waals surface area contributed by atoms with Crippen molar-refractivity contribution >= 4 is 54.9 Å². The van der Waals surface area contributed by atoms with E-state index in [1.54, 1.807) is 0 Å². The summed E-state index contributed by atoms with van der Waals surface area (Å²) in [5.74, 6) is 2.46. The highest BCUT2D eigenvalue weighted by molar-refractivity contribution is 6.14. The summed E-state index contributed by atoms with van der Waals surface area (Å²) < 4.78 is 12.1. The van der Waals surface area contributed by atoms with Crippen molar-refractivity contribution in [3.63, 3.8) is 0 Å². The fourth-order valence-electron chi connectivity index (χ4n) is 11.2. The minimum absolute atomic E-state index is 0.651. The highest BCUT2D eigenvalue weighted by atomic mass is 16.5. The van der Waals surface area contributed by atoms with Crippen molar-refractivity contribution in [2.75, 3.05) is 0 Å². The highest BCUT2D eigenvalue weighted by Crippen LogP contribution is 2.61. The minimum Gasteiger partial charge on any atom is -0.457 e. The summed E-state index contributed by atoms with van der Waals surface area (Å²) in [6.07, 6.45) is 6.43. The summed E-state index contributed by atoms with van der Waals surface area (Å²) in [6, 6.07) is 69.9. The second-order valence-electron chi connectivity index (χ2n) is 17.2. The van der Waals surface area contributed by atoms with Crippen LogP contribution in [-0.2, 0) is 5.41 Å². The van der Waals surface area contributed by atoms with Crippen molar-refractivity contribution in [3.8, 4) is 39.8 Å². The molecule has 0 fully saturated rings. The van der Waals surface area contributed by atoms with E-state index in [0.29, 0.717) is 5.82 Å². The molecule has 5 heterocycles. The van der Waals surface area contributed by atoms with Gasteiger partial charge in [0.2, 0.25) is 0 Å². The van der Waals surface area contributed by atoms with Gasteiger partial charge in [-0.15, -0.1) is 0 Å². The molecule has 0 saturated carbocycles. The van der Waals surface area contributed by atoms with Gasteiger partial charge in [-0.3, -0.25) is 0 Å². The van der Waals surface area contributed by atoms with Crippen LogP contribution >= 0.6 is 0 Å². The Kier molecular flexibility index (Phi) is 7.37. The van der Waals surface area contributed by atoms with Crippen LogP contribution in [0.2, 0.25) is 0 Å². The summed E-state index contributed by atoms with van der Waals surface area (Å²) in [4.78, 5) is 10.3. The second-order valence-corrected chi connectivity index (χ2v) is 17.2. The van der Waals surface area contributed by atoms with Crippen LogP contribution < -0.4 is 4.74 Å². The molecule has 5 nitrogen and oxygen atoms in total. The number of aromatic nitrogens is 4. The van der Waals surface area contributed by atoms with Crippen LogP contribution in [0.1, 0.15) is 40.8 Å². The molecule has 0 bridgehead atoms. The SMILES string of the molecule is C1=C(c2cc(-c3ccccc3)nc(-c3ccccc3)n2)C=C(n2c3ccccc3c3cc4c(cc32)Oc2ccccc2C42c3ccccc3-n3c4ccccc4c4cccc2c43)CC1. The number of hydrogen-bond donors (Lipinski definition) is 0. The summed E-state index contributed by atoms with van der Waals surface area (Å²) in [6.45, 7) is 0. The van der Waals surface area contributed by atoms with Crippen molar-refractivity contribution in [1.82, 2.24) is 19.1 Å². The molecule has 0 radical (unpaired) electrons. The van der Waals surface area contributed by atoms with Crippen LogP contribution in [0.15, 0.2) is 206 Å². The first-order valence-corrected chi connectivity index (χ1v) is 22.1. The lowest BCUT2D eigenvalue weighted by Gasteiger charge is -2.45. The molecule has 0 N–H and O–H groups in total. The third-order valence-corrected chi connectivity index (χ3v) is 13.8. The zero-order valence-electron chi connectivity index (χ0n) is 34.7. The molecule has 3 aliphatic rings. The number of rotatable bonds is 4. The van der Waals surface area contributed by atoms with Crippen molar-refractivity contribution in [1.29, 1.82) is 0 Å². The molecule has 14 rings (SSSR count). The number of para-hydroxylation sites is 5. The molecule has 0 amide bonds. The molecule has 300 valence electrons. The predicted octanol–water partition coefficient (Wildman–Crippen LogP) is 14.5. The monoisotopic (exact) mass is 818 g/mol. The lowest BCUT2D eigenvalue weighted by molar-refractivity contribution is 0.435. The first kappa shape index (κ1) is 35.3. The third kappa shape index (κ3) is 4.84. The van der Waals surface area contributed by atoms with Gasteiger partial charge >= 0.3 is 0 Å². The number of benzene rings is 8. The van der Waals surface area contributed by atoms with Gasteiger partial charge < -0.3 is 13.9 Å². The Morgan fingerprint density at radius 1 is 0.453 bits per heavy atom. The quantitative estimate of drug-likeness (QED) is 0.178. The topological polar surface area (TPSA) is 44.9 Å². The lowest BCUT2D eigenvalue weighted by Crippen LogP contribution is -2.37. The number of nitrogens with zero attached hydrogens (tertiary/aromatic N) is 4. The number of fused-ring (bicyclic) bond motifs is 14. The normalized spacial score (nSPS) is 16.1. The van der Waals surface area contributed by atoms with Crippen molar-refractivity contribution in [2.45, 2.75) is 18.3 Å². The van der Waals surface area contributed by atoms with E-state index in [1.165, 1.54) is 60.6 Å². The van der Waals surface area contributed by atoms with E-state index in [9.17, 15) is 0 Å². The zero-order valence-corrected chi connectivity index (χ0v) is 34.7. The standard InChI is InChI=1S/C59H38N4O/c1-3-17-37(18-4-1)49-35-50(61-58(60-49)38-19-5-2-6-20-38)39-21-15-22-40(33-39)62-51-29-11-8-24-42(51)44-34-48-56(36-54(44)62)64-55-32-14-10-27-46(55)59(48)45-26-9-13-31-53(45)63-52-30-12-7-23-41(52)43-25-16-28-47(59)57(43)63/h1-14,16-21,23-36H,15,22H2. The number of ether oxygens (including phenoxy) is 1. The lowest BCUT2D eigenvalue weighted by atomic mass is 9.61.